The molecule has 0 spiro atoms. The van der Waals surface area contributed by atoms with Crippen LogP contribution in [0.1, 0.15) is 20.7 Å². The topological polar surface area (TPSA) is 134 Å². The van der Waals surface area contributed by atoms with E-state index < -0.39 is 17.9 Å². The number of carbonyl (C=O) groups is 3. The molecule has 0 aromatic heterocycles. The highest BCUT2D eigenvalue weighted by molar-refractivity contribution is 6.01. The van der Waals surface area contributed by atoms with Crippen LogP contribution in [0.2, 0.25) is 0 Å². The predicted molar refractivity (Wildman–Crippen MR) is 99.9 cm³/mol. The van der Waals surface area contributed by atoms with Crippen LogP contribution in [0.15, 0.2) is 67.3 Å². The summed E-state index contributed by atoms with van der Waals surface area (Å²) in [6.07, 6.45) is 1.18. The summed E-state index contributed by atoms with van der Waals surface area (Å²) < 4.78 is 10.4. The van der Waals surface area contributed by atoms with Gasteiger partial charge in [-0.15, -0.1) is 0 Å². The van der Waals surface area contributed by atoms with Gasteiger partial charge in [0, 0.05) is 6.08 Å². The quantitative estimate of drug-likeness (QED) is 0.508. The molecule has 0 amide bonds. The molecular weight excluding hydrogens is 368 g/mol. The SMILES string of the molecule is C=CC(=O)O.O=C(O)c1ccccc1C(=O)O.c1ccc(OCC2CO2)cc1. The number of aromatic carboxylic acids is 2. The van der Waals surface area contributed by atoms with Gasteiger partial charge in [0.2, 0.25) is 0 Å². The van der Waals surface area contributed by atoms with Gasteiger partial charge in [0.1, 0.15) is 18.5 Å². The molecule has 1 unspecified atom stereocenters. The van der Waals surface area contributed by atoms with Crippen LogP contribution in [-0.2, 0) is 9.53 Å². The third-order valence-electron chi connectivity index (χ3n) is 3.14. The Balaban J connectivity index is 0.000000228. The minimum atomic E-state index is -1.23. The molecule has 2 aromatic carbocycles. The summed E-state index contributed by atoms with van der Waals surface area (Å²) in [5.41, 5.74) is -0.380. The lowest BCUT2D eigenvalue weighted by Gasteiger charge is -2.01. The van der Waals surface area contributed by atoms with Crippen molar-refractivity contribution in [1.82, 2.24) is 0 Å². The van der Waals surface area contributed by atoms with Crippen molar-refractivity contribution < 1.29 is 39.2 Å². The molecule has 0 radical (unpaired) electrons. The zero-order valence-electron chi connectivity index (χ0n) is 14.9. The van der Waals surface area contributed by atoms with Crippen LogP contribution in [0.25, 0.3) is 0 Å². The normalized spacial score (nSPS) is 13.5. The zero-order chi connectivity index (χ0) is 20.9. The molecule has 1 aliphatic rings. The largest absolute Gasteiger partial charge is 0.491 e. The van der Waals surface area contributed by atoms with Gasteiger partial charge < -0.3 is 24.8 Å². The van der Waals surface area contributed by atoms with Crippen molar-refractivity contribution in [3.05, 3.63) is 78.4 Å². The van der Waals surface area contributed by atoms with E-state index in [9.17, 15) is 14.4 Å². The zero-order valence-corrected chi connectivity index (χ0v) is 14.9. The molecule has 3 N–H and O–H groups in total. The number of hydrogen-bond acceptors (Lipinski definition) is 5. The van der Waals surface area contributed by atoms with E-state index in [1.807, 2.05) is 30.3 Å². The van der Waals surface area contributed by atoms with Crippen LogP contribution in [0, 0.1) is 0 Å². The van der Waals surface area contributed by atoms with Crippen LogP contribution in [0.3, 0.4) is 0 Å². The average molecular weight is 388 g/mol. The van der Waals surface area contributed by atoms with Gasteiger partial charge in [-0.2, -0.15) is 0 Å². The molecule has 1 fully saturated rings. The number of hydrogen-bond donors (Lipinski definition) is 3. The number of para-hydroxylation sites is 1. The van der Waals surface area contributed by atoms with Crippen LogP contribution >= 0.6 is 0 Å². The molecule has 1 aliphatic heterocycles. The molecule has 1 heterocycles. The van der Waals surface area contributed by atoms with Crippen molar-refractivity contribution >= 4 is 17.9 Å². The highest BCUT2D eigenvalue weighted by Crippen LogP contribution is 2.13. The summed E-state index contributed by atoms with van der Waals surface area (Å²) in [4.78, 5) is 30.2. The minimum absolute atomic E-state index is 0.190. The van der Waals surface area contributed by atoms with E-state index in [1.54, 1.807) is 0 Å². The summed E-state index contributed by atoms with van der Waals surface area (Å²) in [7, 11) is 0. The van der Waals surface area contributed by atoms with E-state index in [0.29, 0.717) is 12.7 Å². The number of carboxylic acids is 3. The highest BCUT2D eigenvalue weighted by atomic mass is 16.6. The Morgan fingerprint density at radius 3 is 1.75 bits per heavy atom. The van der Waals surface area contributed by atoms with Gasteiger partial charge in [0.15, 0.2) is 0 Å². The van der Waals surface area contributed by atoms with Crippen molar-refractivity contribution in [2.45, 2.75) is 6.10 Å². The third-order valence-corrected chi connectivity index (χ3v) is 3.14. The first kappa shape index (κ1) is 22.4. The van der Waals surface area contributed by atoms with Crippen LogP contribution in [0.5, 0.6) is 5.75 Å². The fourth-order valence-corrected chi connectivity index (χ4v) is 1.73. The van der Waals surface area contributed by atoms with E-state index in [2.05, 4.69) is 6.58 Å². The van der Waals surface area contributed by atoms with Gasteiger partial charge in [-0.05, 0) is 24.3 Å². The molecule has 3 rings (SSSR count). The molecule has 2 aromatic rings. The van der Waals surface area contributed by atoms with Crippen molar-refractivity contribution in [3.8, 4) is 5.75 Å². The van der Waals surface area contributed by atoms with Gasteiger partial charge in [0.05, 0.1) is 17.7 Å². The fourth-order valence-electron chi connectivity index (χ4n) is 1.73. The average Bonchev–Trinajstić information content (AvgIpc) is 3.52. The lowest BCUT2D eigenvalue weighted by Crippen LogP contribution is -2.06. The first-order valence-electron chi connectivity index (χ1n) is 8.05. The minimum Gasteiger partial charge on any atom is -0.491 e. The van der Waals surface area contributed by atoms with Crippen LogP contribution in [0.4, 0.5) is 0 Å². The number of ether oxygens (including phenoxy) is 2. The molecule has 1 saturated heterocycles. The summed E-state index contributed by atoms with van der Waals surface area (Å²) >= 11 is 0. The number of epoxide rings is 1. The summed E-state index contributed by atoms with van der Waals surface area (Å²) in [5.74, 6) is -2.52. The first-order chi connectivity index (χ1) is 13.3. The lowest BCUT2D eigenvalue weighted by atomic mass is 10.1. The molecule has 0 bridgehead atoms. The predicted octanol–water partition coefficient (Wildman–Crippen LogP) is 2.80. The van der Waals surface area contributed by atoms with Gasteiger partial charge in [-0.1, -0.05) is 36.9 Å². The number of benzene rings is 2. The first-order valence-corrected chi connectivity index (χ1v) is 8.05. The number of aliphatic carboxylic acids is 1. The maximum atomic E-state index is 10.5. The summed E-state index contributed by atoms with van der Waals surface area (Å²) in [6.45, 7) is 4.50. The second-order valence-corrected chi connectivity index (χ2v) is 5.28. The second kappa shape index (κ2) is 11.9. The van der Waals surface area contributed by atoms with Gasteiger partial charge in [-0.25, -0.2) is 14.4 Å². The van der Waals surface area contributed by atoms with Crippen molar-refractivity contribution in [2.75, 3.05) is 13.2 Å². The highest BCUT2D eigenvalue weighted by Gasteiger charge is 2.22. The maximum Gasteiger partial charge on any atom is 0.336 e. The van der Waals surface area contributed by atoms with Gasteiger partial charge in [0.25, 0.3) is 0 Å². The van der Waals surface area contributed by atoms with Crippen molar-refractivity contribution in [2.24, 2.45) is 0 Å². The summed E-state index contributed by atoms with van der Waals surface area (Å²) in [6, 6.07) is 15.3. The molecule has 28 heavy (non-hydrogen) atoms. The Labute approximate surface area is 161 Å². The van der Waals surface area contributed by atoms with E-state index in [-0.39, 0.29) is 11.1 Å². The molecule has 148 valence electrons. The molecule has 0 saturated carbocycles. The second-order valence-electron chi connectivity index (χ2n) is 5.28. The maximum absolute atomic E-state index is 10.5. The number of carboxylic acid groups (broad SMARTS) is 3. The third kappa shape index (κ3) is 9.16. The Bertz CT molecular complexity index is 764. The standard InChI is InChI=1S/C9H10O2.C8H6O4.C3H4O2/c1-2-4-8(5-3-1)10-6-9-7-11-9;9-7(10)5-3-1-2-4-6(5)8(11)12;1-2-3(4)5/h1-5,9H,6-7H2;1-4H,(H,9,10)(H,11,12);2H,1H2,(H,4,5). The molecule has 0 aliphatic carbocycles. The lowest BCUT2D eigenvalue weighted by molar-refractivity contribution is -0.131. The molecule has 1 atom stereocenters. The monoisotopic (exact) mass is 388 g/mol. The molecule has 8 nitrogen and oxygen atoms in total. The van der Waals surface area contributed by atoms with E-state index in [0.717, 1.165) is 18.4 Å². The van der Waals surface area contributed by atoms with Crippen LogP contribution < -0.4 is 4.74 Å². The van der Waals surface area contributed by atoms with Gasteiger partial charge in [-0.3, -0.25) is 0 Å². The Morgan fingerprint density at radius 2 is 1.39 bits per heavy atom. The smallest absolute Gasteiger partial charge is 0.336 e. The van der Waals surface area contributed by atoms with E-state index in [4.69, 9.17) is 24.8 Å². The summed E-state index contributed by atoms with van der Waals surface area (Å²) in [5, 5.41) is 24.7. The van der Waals surface area contributed by atoms with Crippen molar-refractivity contribution in [3.63, 3.8) is 0 Å². The van der Waals surface area contributed by atoms with Crippen LogP contribution in [-0.4, -0.2) is 52.5 Å². The van der Waals surface area contributed by atoms with E-state index >= 15 is 0 Å². The Kier molecular flexibility index (Phi) is 9.49. The van der Waals surface area contributed by atoms with Gasteiger partial charge >= 0.3 is 17.9 Å². The number of rotatable bonds is 6. The Hall–Kier alpha value is -3.65. The van der Waals surface area contributed by atoms with E-state index in [1.165, 1.54) is 24.3 Å². The molecule has 8 heteroatoms. The van der Waals surface area contributed by atoms with Crippen molar-refractivity contribution in [1.29, 1.82) is 0 Å². The fraction of sp³-hybridized carbons (Fsp3) is 0.150. The Morgan fingerprint density at radius 1 is 0.964 bits per heavy atom. The molecular formula is C20H20O8.